The van der Waals surface area contributed by atoms with Gasteiger partial charge in [0.2, 0.25) is 0 Å². The van der Waals surface area contributed by atoms with E-state index in [1.807, 2.05) is 49.4 Å². The Bertz CT molecular complexity index is 1040. The summed E-state index contributed by atoms with van der Waals surface area (Å²) in [5.41, 5.74) is 3.32. The second kappa shape index (κ2) is 9.64. The summed E-state index contributed by atoms with van der Waals surface area (Å²) in [7, 11) is 1.62. The summed E-state index contributed by atoms with van der Waals surface area (Å²) in [5, 5.41) is 0.818. The predicted octanol–water partition coefficient (Wildman–Crippen LogP) is 6.79. The topological polar surface area (TPSA) is 35.5 Å². The molecule has 0 bridgehead atoms. The lowest BCUT2D eigenvalue weighted by Gasteiger charge is -2.11. The highest BCUT2D eigenvalue weighted by Gasteiger charge is 2.09. The normalized spacial score (nSPS) is 10.9. The van der Waals surface area contributed by atoms with Crippen LogP contribution in [0.2, 0.25) is 10.0 Å². The van der Waals surface area contributed by atoms with Gasteiger partial charge in [0.05, 0.1) is 12.1 Å². The summed E-state index contributed by atoms with van der Waals surface area (Å²) in [5.74, 6) is 1.31. The van der Waals surface area contributed by atoms with Gasteiger partial charge < -0.3 is 9.47 Å². The number of benzene rings is 3. The predicted molar refractivity (Wildman–Crippen MR) is 118 cm³/mol. The van der Waals surface area contributed by atoms with E-state index in [0.29, 0.717) is 22.2 Å². The standard InChI is InChI=1S/C24H20Cl2O3/c1-16-3-8-20(9-4-16)29-15-18-13-17(6-12-24(18)28-2)5-11-23(27)21-10-7-19(25)14-22(21)26/h3-14H,15H2,1-2H3/b11-5+. The zero-order valence-electron chi connectivity index (χ0n) is 16.1. The fourth-order valence-corrected chi connectivity index (χ4v) is 3.26. The van der Waals surface area contributed by atoms with E-state index in [1.54, 1.807) is 31.4 Å². The first-order valence-electron chi connectivity index (χ1n) is 9.00. The molecule has 0 N–H and O–H groups in total. The van der Waals surface area contributed by atoms with Crippen molar-refractivity contribution in [3.05, 3.63) is 99.0 Å². The minimum atomic E-state index is -0.194. The molecular weight excluding hydrogens is 407 g/mol. The summed E-state index contributed by atoms with van der Waals surface area (Å²) in [6, 6.07) is 18.3. The molecule has 0 fully saturated rings. The fraction of sp³-hybridized carbons (Fsp3) is 0.125. The van der Waals surface area contributed by atoms with Crippen LogP contribution in [-0.4, -0.2) is 12.9 Å². The summed E-state index contributed by atoms with van der Waals surface area (Å²) in [6.45, 7) is 2.38. The molecule has 0 heterocycles. The van der Waals surface area contributed by atoms with Gasteiger partial charge >= 0.3 is 0 Å². The molecule has 0 saturated heterocycles. The van der Waals surface area contributed by atoms with Gasteiger partial charge in [0, 0.05) is 16.1 Å². The first-order chi connectivity index (χ1) is 14.0. The lowest BCUT2D eigenvalue weighted by molar-refractivity contribution is 0.104. The zero-order valence-corrected chi connectivity index (χ0v) is 17.6. The van der Waals surface area contributed by atoms with E-state index in [2.05, 4.69) is 0 Å². The number of rotatable bonds is 7. The van der Waals surface area contributed by atoms with E-state index in [4.69, 9.17) is 32.7 Å². The Hall–Kier alpha value is -2.75. The average molecular weight is 427 g/mol. The SMILES string of the molecule is COc1ccc(/C=C/C(=O)c2ccc(Cl)cc2Cl)cc1COc1ccc(C)cc1. The number of halogens is 2. The molecule has 0 atom stereocenters. The highest BCUT2D eigenvalue weighted by molar-refractivity contribution is 6.37. The Morgan fingerprint density at radius 2 is 1.76 bits per heavy atom. The number of hydrogen-bond acceptors (Lipinski definition) is 3. The van der Waals surface area contributed by atoms with E-state index in [0.717, 1.165) is 22.6 Å². The van der Waals surface area contributed by atoms with E-state index < -0.39 is 0 Å². The lowest BCUT2D eigenvalue weighted by atomic mass is 10.1. The number of methoxy groups -OCH3 is 1. The van der Waals surface area contributed by atoms with Gasteiger partial charge in [-0.2, -0.15) is 0 Å². The van der Waals surface area contributed by atoms with Crippen molar-refractivity contribution in [1.82, 2.24) is 0 Å². The van der Waals surface area contributed by atoms with Crippen LogP contribution in [0.1, 0.15) is 27.0 Å². The van der Waals surface area contributed by atoms with Crippen LogP contribution in [0.3, 0.4) is 0 Å². The quantitative estimate of drug-likeness (QED) is 0.308. The Labute approximate surface area is 180 Å². The smallest absolute Gasteiger partial charge is 0.187 e. The molecule has 29 heavy (non-hydrogen) atoms. The molecule has 0 saturated carbocycles. The largest absolute Gasteiger partial charge is 0.496 e. The van der Waals surface area contributed by atoms with Crippen molar-refractivity contribution in [2.75, 3.05) is 7.11 Å². The van der Waals surface area contributed by atoms with Gasteiger partial charge in [-0.15, -0.1) is 0 Å². The van der Waals surface area contributed by atoms with E-state index >= 15 is 0 Å². The van der Waals surface area contributed by atoms with Gasteiger partial charge in [-0.3, -0.25) is 4.79 Å². The molecule has 5 heteroatoms. The molecule has 148 valence electrons. The van der Waals surface area contributed by atoms with Crippen LogP contribution < -0.4 is 9.47 Å². The van der Waals surface area contributed by atoms with E-state index in [9.17, 15) is 4.79 Å². The molecule has 0 aliphatic carbocycles. The molecule has 3 aromatic rings. The highest BCUT2D eigenvalue weighted by Crippen LogP contribution is 2.24. The molecular formula is C24H20Cl2O3. The maximum Gasteiger partial charge on any atom is 0.187 e. The van der Waals surface area contributed by atoms with Crippen LogP contribution in [0, 0.1) is 6.92 Å². The molecule has 0 aliphatic heterocycles. The molecule has 0 unspecified atom stereocenters. The number of aryl methyl sites for hydroxylation is 1. The van der Waals surface area contributed by atoms with E-state index in [1.165, 1.54) is 11.6 Å². The van der Waals surface area contributed by atoms with Crippen molar-refractivity contribution in [3.63, 3.8) is 0 Å². The molecule has 0 aliphatic rings. The lowest BCUT2D eigenvalue weighted by Crippen LogP contribution is -1.99. The third-order valence-electron chi connectivity index (χ3n) is 4.34. The van der Waals surface area contributed by atoms with Crippen molar-refractivity contribution in [3.8, 4) is 11.5 Å². The molecule has 0 spiro atoms. The second-order valence-electron chi connectivity index (χ2n) is 6.49. The molecule has 0 radical (unpaired) electrons. The number of carbonyl (C=O) groups is 1. The third-order valence-corrected chi connectivity index (χ3v) is 4.89. The Balaban J connectivity index is 1.75. The van der Waals surface area contributed by atoms with Gasteiger partial charge in [-0.1, -0.05) is 53.0 Å². The summed E-state index contributed by atoms with van der Waals surface area (Å²) >= 11 is 12.0. The zero-order chi connectivity index (χ0) is 20.8. The molecule has 3 aromatic carbocycles. The molecule has 3 nitrogen and oxygen atoms in total. The maximum atomic E-state index is 12.4. The molecule has 0 amide bonds. The minimum Gasteiger partial charge on any atom is -0.496 e. The Kier molecular flexibility index (Phi) is 6.97. The minimum absolute atomic E-state index is 0.194. The first-order valence-corrected chi connectivity index (χ1v) is 9.75. The van der Waals surface area contributed by atoms with Crippen LogP contribution >= 0.6 is 23.2 Å². The van der Waals surface area contributed by atoms with Crippen molar-refractivity contribution in [2.45, 2.75) is 13.5 Å². The first kappa shape index (κ1) is 21.0. The molecule has 3 rings (SSSR count). The highest BCUT2D eigenvalue weighted by atomic mass is 35.5. The summed E-state index contributed by atoms with van der Waals surface area (Å²) in [6.07, 6.45) is 3.23. The Morgan fingerprint density at radius 3 is 2.45 bits per heavy atom. The van der Waals surface area contributed by atoms with Crippen molar-refractivity contribution in [2.24, 2.45) is 0 Å². The van der Waals surface area contributed by atoms with Gasteiger partial charge in [0.15, 0.2) is 5.78 Å². The average Bonchev–Trinajstić information content (AvgIpc) is 2.71. The number of ether oxygens (including phenoxy) is 2. The monoisotopic (exact) mass is 426 g/mol. The third kappa shape index (κ3) is 5.63. The number of ketones is 1. The van der Waals surface area contributed by atoms with Crippen LogP contribution in [0.15, 0.2) is 66.7 Å². The fourth-order valence-electron chi connectivity index (χ4n) is 2.76. The Morgan fingerprint density at radius 1 is 1.00 bits per heavy atom. The summed E-state index contributed by atoms with van der Waals surface area (Å²) in [4.78, 5) is 12.4. The second-order valence-corrected chi connectivity index (χ2v) is 7.34. The van der Waals surface area contributed by atoms with Crippen molar-refractivity contribution >= 4 is 35.1 Å². The van der Waals surface area contributed by atoms with Gasteiger partial charge in [-0.25, -0.2) is 0 Å². The maximum absolute atomic E-state index is 12.4. The molecule has 0 aromatic heterocycles. The summed E-state index contributed by atoms with van der Waals surface area (Å²) < 4.78 is 11.3. The van der Waals surface area contributed by atoms with Gasteiger partial charge in [-0.05, 0) is 61.0 Å². The van der Waals surface area contributed by atoms with Crippen LogP contribution in [0.25, 0.3) is 6.08 Å². The van der Waals surface area contributed by atoms with Gasteiger partial charge in [0.1, 0.15) is 18.1 Å². The number of carbonyl (C=O) groups excluding carboxylic acids is 1. The van der Waals surface area contributed by atoms with Crippen LogP contribution in [-0.2, 0) is 6.61 Å². The van der Waals surface area contributed by atoms with Gasteiger partial charge in [0.25, 0.3) is 0 Å². The van der Waals surface area contributed by atoms with Crippen molar-refractivity contribution in [1.29, 1.82) is 0 Å². The number of allylic oxidation sites excluding steroid dienone is 1. The van der Waals surface area contributed by atoms with E-state index in [-0.39, 0.29) is 5.78 Å². The van der Waals surface area contributed by atoms with Crippen molar-refractivity contribution < 1.29 is 14.3 Å². The van der Waals surface area contributed by atoms with Crippen LogP contribution in [0.4, 0.5) is 0 Å². The van der Waals surface area contributed by atoms with Crippen LogP contribution in [0.5, 0.6) is 11.5 Å². The number of hydrogen-bond donors (Lipinski definition) is 0.